The molecule has 3 nitrogen and oxygen atoms in total. The molecule has 0 atom stereocenters. The van der Waals surface area contributed by atoms with E-state index in [9.17, 15) is 0 Å². The lowest BCUT2D eigenvalue weighted by atomic mass is 10.1. The van der Waals surface area contributed by atoms with Crippen molar-refractivity contribution < 1.29 is 4.74 Å². The highest BCUT2D eigenvalue weighted by molar-refractivity contribution is 5.95. The number of hydrogen-bond donors (Lipinski definition) is 0. The number of rotatable bonds is 0. The number of hydrogen-bond acceptors (Lipinski definition) is 2. The van der Waals surface area contributed by atoms with Crippen LogP contribution in [0.3, 0.4) is 0 Å². The van der Waals surface area contributed by atoms with E-state index in [0.29, 0.717) is 0 Å². The van der Waals surface area contributed by atoms with Crippen LogP contribution in [0, 0.1) is 0 Å². The van der Waals surface area contributed by atoms with Gasteiger partial charge in [-0.2, -0.15) is 0 Å². The molecule has 0 N–H and O–H groups in total. The summed E-state index contributed by atoms with van der Waals surface area (Å²) in [5, 5.41) is 3.18. The van der Waals surface area contributed by atoms with Crippen LogP contribution >= 0.6 is 0 Å². The summed E-state index contributed by atoms with van der Waals surface area (Å²) in [4.78, 5) is 4.79. The third-order valence-corrected chi connectivity index (χ3v) is 4.29. The van der Waals surface area contributed by atoms with Crippen LogP contribution in [-0.4, -0.2) is 9.38 Å². The molecule has 0 bridgehead atoms. The number of fused-ring (bicyclic) bond motifs is 5. The van der Waals surface area contributed by atoms with Crippen LogP contribution in [0.5, 0.6) is 5.75 Å². The van der Waals surface area contributed by atoms with Crippen LogP contribution in [0.2, 0.25) is 0 Å². The second kappa shape index (κ2) is 4.46. The van der Waals surface area contributed by atoms with Crippen molar-refractivity contribution in [1.82, 2.24) is 9.38 Å². The van der Waals surface area contributed by atoms with Gasteiger partial charge in [0.1, 0.15) is 5.35 Å². The lowest BCUT2D eigenvalue weighted by molar-refractivity contribution is 0.472. The SMILES string of the molecule is CC1=Cc2cn3cc4cc5c(nc4c3cc2=CC=C1)=CC=CO5. The molecule has 0 radical (unpaired) electrons. The van der Waals surface area contributed by atoms with Crippen molar-refractivity contribution >= 4 is 34.6 Å². The van der Waals surface area contributed by atoms with Gasteiger partial charge >= 0.3 is 0 Å². The highest BCUT2D eigenvalue weighted by atomic mass is 16.5. The van der Waals surface area contributed by atoms with E-state index >= 15 is 0 Å². The Hall–Kier alpha value is -3.07. The molecule has 2 aliphatic rings. The monoisotopic (exact) mass is 298 g/mol. The van der Waals surface area contributed by atoms with Gasteiger partial charge < -0.3 is 9.14 Å². The van der Waals surface area contributed by atoms with Gasteiger partial charge in [0.15, 0.2) is 5.75 Å². The fraction of sp³-hybridized carbons (Fsp3) is 0.0500. The molecular weight excluding hydrogens is 284 g/mol. The van der Waals surface area contributed by atoms with Crippen LogP contribution in [0.15, 0.2) is 54.6 Å². The Morgan fingerprint density at radius 1 is 1.09 bits per heavy atom. The first kappa shape index (κ1) is 12.5. The molecule has 3 heteroatoms. The second-order valence-electron chi connectivity index (χ2n) is 5.94. The molecule has 1 aliphatic heterocycles. The van der Waals surface area contributed by atoms with Crippen LogP contribution in [-0.2, 0) is 0 Å². The molecule has 0 aromatic carbocycles. The third kappa shape index (κ3) is 1.87. The van der Waals surface area contributed by atoms with Crippen molar-refractivity contribution in [3.8, 4) is 5.75 Å². The second-order valence-corrected chi connectivity index (χ2v) is 5.94. The van der Waals surface area contributed by atoms with Crippen LogP contribution < -0.4 is 15.3 Å². The summed E-state index contributed by atoms with van der Waals surface area (Å²) in [5.41, 5.74) is 4.58. The molecule has 5 rings (SSSR count). The zero-order chi connectivity index (χ0) is 15.4. The maximum Gasteiger partial charge on any atom is 0.152 e. The van der Waals surface area contributed by atoms with Crippen molar-refractivity contribution in [2.75, 3.05) is 0 Å². The molecule has 3 aromatic heterocycles. The first-order valence-corrected chi connectivity index (χ1v) is 7.64. The van der Waals surface area contributed by atoms with E-state index in [1.54, 1.807) is 6.26 Å². The predicted octanol–water partition coefficient (Wildman–Crippen LogP) is 2.93. The zero-order valence-corrected chi connectivity index (χ0v) is 12.7. The minimum absolute atomic E-state index is 0.808. The molecule has 23 heavy (non-hydrogen) atoms. The Morgan fingerprint density at radius 2 is 2.04 bits per heavy atom. The highest BCUT2D eigenvalue weighted by Gasteiger charge is 2.10. The average Bonchev–Trinajstić information content (AvgIpc) is 2.77. The van der Waals surface area contributed by atoms with E-state index in [2.05, 4.69) is 60.2 Å². The molecule has 4 heterocycles. The van der Waals surface area contributed by atoms with E-state index in [1.807, 2.05) is 12.2 Å². The number of allylic oxidation sites excluding steroid dienone is 4. The molecule has 3 aromatic rings. The Morgan fingerprint density at radius 3 is 3.00 bits per heavy atom. The molecule has 110 valence electrons. The Kier molecular flexibility index (Phi) is 2.42. The van der Waals surface area contributed by atoms with Crippen LogP contribution in [0.25, 0.3) is 34.6 Å². The molecular formula is C20H14N2O. The van der Waals surface area contributed by atoms with Crippen molar-refractivity contribution in [2.24, 2.45) is 0 Å². The van der Waals surface area contributed by atoms with Crippen LogP contribution in [0.4, 0.5) is 0 Å². The van der Waals surface area contributed by atoms with Crippen molar-refractivity contribution in [3.05, 3.63) is 70.7 Å². The van der Waals surface area contributed by atoms with E-state index in [4.69, 9.17) is 9.72 Å². The third-order valence-electron chi connectivity index (χ3n) is 4.29. The standard InChI is InChI=1S/C20H14N2O/c1-13-4-2-5-14-9-18-20-16(12-22(18)11-15(14)8-13)10-19-17(21-20)6-3-7-23-19/h2-12H,1H3. The van der Waals surface area contributed by atoms with Crippen LogP contribution in [0.1, 0.15) is 12.5 Å². The lowest BCUT2D eigenvalue weighted by Gasteiger charge is -2.04. The topological polar surface area (TPSA) is 26.5 Å². The van der Waals surface area contributed by atoms with Gasteiger partial charge in [-0.25, -0.2) is 4.98 Å². The summed E-state index contributed by atoms with van der Waals surface area (Å²) < 4.78 is 7.70. The fourth-order valence-electron chi connectivity index (χ4n) is 3.19. The van der Waals surface area contributed by atoms with Gasteiger partial charge in [0.25, 0.3) is 0 Å². The van der Waals surface area contributed by atoms with Gasteiger partial charge in [-0.05, 0) is 48.1 Å². The van der Waals surface area contributed by atoms with Gasteiger partial charge in [-0.15, -0.1) is 0 Å². The first-order chi connectivity index (χ1) is 11.3. The zero-order valence-electron chi connectivity index (χ0n) is 12.7. The summed E-state index contributed by atoms with van der Waals surface area (Å²) in [6.07, 6.45) is 18.4. The fourth-order valence-corrected chi connectivity index (χ4v) is 3.19. The van der Waals surface area contributed by atoms with Gasteiger partial charge in [0.05, 0.1) is 17.3 Å². The Bertz CT molecular complexity index is 1190. The van der Waals surface area contributed by atoms with Gasteiger partial charge in [0.2, 0.25) is 0 Å². The van der Waals surface area contributed by atoms with Crippen molar-refractivity contribution in [1.29, 1.82) is 0 Å². The Balaban J connectivity index is 1.90. The molecule has 1 aliphatic carbocycles. The van der Waals surface area contributed by atoms with Crippen molar-refractivity contribution in [3.63, 3.8) is 0 Å². The summed E-state index contributed by atoms with van der Waals surface area (Å²) in [6.45, 7) is 2.12. The summed E-state index contributed by atoms with van der Waals surface area (Å²) in [6, 6.07) is 4.26. The number of pyridine rings is 2. The molecule has 0 amide bonds. The quantitative estimate of drug-likeness (QED) is 0.638. The summed E-state index contributed by atoms with van der Waals surface area (Å²) >= 11 is 0. The van der Waals surface area contributed by atoms with Crippen molar-refractivity contribution in [2.45, 2.75) is 6.92 Å². The minimum atomic E-state index is 0.808. The molecule has 0 unspecified atom stereocenters. The molecule has 0 fully saturated rings. The van der Waals surface area contributed by atoms with Gasteiger partial charge in [0, 0.05) is 17.8 Å². The first-order valence-electron chi connectivity index (χ1n) is 7.64. The summed E-state index contributed by atoms with van der Waals surface area (Å²) in [7, 11) is 0. The summed E-state index contributed by atoms with van der Waals surface area (Å²) in [5.74, 6) is 0.808. The Labute approximate surface area is 132 Å². The van der Waals surface area contributed by atoms with Gasteiger partial charge in [-0.3, -0.25) is 0 Å². The molecule has 0 saturated heterocycles. The van der Waals surface area contributed by atoms with E-state index in [1.165, 1.54) is 16.4 Å². The van der Waals surface area contributed by atoms with Gasteiger partial charge in [-0.1, -0.05) is 23.8 Å². The number of nitrogens with zero attached hydrogens (tertiary/aromatic N) is 2. The number of ether oxygens (including phenoxy) is 1. The minimum Gasteiger partial charge on any atom is -0.463 e. The molecule has 0 spiro atoms. The largest absolute Gasteiger partial charge is 0.463 e. The predicted molar refractivity (Wildman–Crippen MR) is 93.4 cm³/mol. The normalized spacial score (nSPS) is 15.3. The highest BCUT2D eigenvalue weighted by Crippen LogP contribution is 2.23. The van der Waals surface area contributed by atoms with E-state index in [-0.39, 0.29) is 0 Å². The maximum atomic E-state index is 5.55. The maximum absolute atomic E-state index is 5.55. The average molecular weight is 298 g/mol. The number of aromatic nitrogens is 2. The van der Waals surface area contributed by atoms with E-state index < -0.39 is 0 Å². The van der Waals surface area contributed by atoms with E-state index in [0.717, 1.165) is 27.5 Å². The molecule has 0 saturated carbocycles. The lowest BCUT2D eigenvalue weighted by Crippen LogP contribution is -2.12. The smallest absolute Gasteiger partial charge is 0.152 e.